The Morgan fingerprint density at radius 2 is 2.12 bits per heavy atom. The first kappa shape index (κ1) is 11.9. The Morgan fingerprint density at radius 1 is 1.44 bits per heavy atom. The van der Waals surface area contributed by atoms with E-state index >= 15 is 0 Å². The van der Waals surface area contributed by atoms with Crippen LogP contribution in [-0.4, -0.2) is 25.0 Å². The molecule has 0 radical (unpaired) electrons. The molecule has 0 aromatic heterocycles. The van der Waals surface area contributed by atoms with Crippen LogP contribution in [0.25, 0.3) is 0 Å². The number of hydrogen-bond acceptors (Lipinski definition) is 2. The van der Waals surface area contributed by atoms with Crippen LogP contribution in [0, 0.1) is 11.3 Å². The van der Waals surface area contributed by atoms with Gasteiger partial charge < -0.3 is 10.6 Å². The summed E-state index contributed by atoms with van der Waals surface area (Å²) in [5.74, 6) is 1.09. The van der Waals surface area contributed by atoms with Gasteiger partial charge in [0.15, 0.2) is 0 Å². The van der Waals surface area contributed by atoms with Crippen molar-refractivity contribution in [2.75, 3.05) is 13.1 Å². The molecular weight excluding hydrogens is 200 g/mol. The molecule has 1 amide bonds. The van der Waals surface area contributed by atoms with Gasteiger partial charge in [0.1, 0.15) is 0 Å². The first-order valence-corrected chi connectivity index (χ1v) is 6.66. The SMILES string of the molecule is CCC(C)NCC(=O)NCC1(C2CC2)CC1. The normalized spacial score (nSPS) is 23.9. The Morgan fingerprint density at radius 3 is 2.62 bits per heavy atom. The van der Waals surface area contributed by atoms with Crippen LogP contribution >= 0.6 is 0 Å². The van der Waals surface area contributed by atoms with Gasteiger partial charge in [-0.2, -0.15) is 0 Å². The fraction of sp³-hybridized carbons (Fsp3) is 0.923. The van der Waals surface area contributed by atoms with Gasteiger partial charge in [-0.15, -0.1) is 0 Å². The molecule has 0 aliphatic heterocycles. The minimum Gasteiger partial charge on any atom is -0.354 e. The van der Waals surface area contributed by atoms with Crippen LogP contribution in [0.5, 0.6) is 0 Å². The summed E-state index contributed by atoms with van der Waals surface area (Å²) in [5, 5.41) is 6.31. The van der Waals surface area contributed by atoms with E-state index in [1.807, 2.05) is 0 Å². The standard InChI is InChI=1S/C13H24N2O/c1-3-10(2)14-8-12(16)15-9-13(6-7-13)11-4-5-11/h10-11,14H,3-9H2,1-2H3,(H,15,16). The Kier molecular flexibility index (Phi) is 3.53. The van der Waals surface area contributed by atoms with Crippen molar-refractivity contribution in [3.05, 3.63) is 0 Å². The van der Waals surface area contributed by atoms with Crippen molar-refractivity contribution in [1.82, 2.24) is 10.6 Å². The molecule has 0 saturated heterocycles. The second-order valence-corrected chi connectivity index (χ2v) is 5.60. The van der Waals surface area contributed by atoms with Crippen molar-refractivity contribution >= 4 is 5.91 Å². The van der Waals surface area contributed by atoms with Gasteiger partial charge >= 0.3 is 0 Å². The largest absolute Gasteiger partial charge is 0.354 e. The van der Waals surface area contributed by atoms with E-state index in [4.69, 9.17) is 0 Å². The molecule has 3 nitrogen and oxygen atoms in total. The highest BCUT2D eigenvalue weighted by Gasteiger charge is 2.53. The van der Waals surface area contributed by atoms with Gasteiger partial charge in [-0.1, -0.05) is 6.92 Å². The summed E-state index contributed by atoms with van der Waals surface area (Å²) in [6, 6.07) is 0.434. The minimum absolute atomic E-state index is 0.159. The average Bonchev–Trinajstić information content (AvgIpc) is 3.15. The summed E-state index contributed by atoms with van der Waals surface area (Å²) in [5.41, 5.74) is 0.520. The predicted octanol–water partition coefficient (Wildman–Crippen LogP) is 1.68. The zero-order chi connectivity index (χ0) is 11.6. The lowest BCUT2D eigenvalue weighted by Crippen LogP contribution is -2.40. The van der Waals surface area contributed by atoms with E-state index in [2.05, 4.69) is 24.5 Å². The number of rotatable bonds is 7. The molecule has 2 fully saturated rings. The van der Waals surface area contributed by atoms with Gasteiger partial charge in [-0.3, -0.25) is 4.79 Å². The fourth-order valence-electron chi connectivity index (χ4n) is 2.33. The molecule has 16 heavy (non-hydrogen) atoms. The predicted molar refractivity (Wildman–Crippen MR) is 65.2 cm³/mol. The quantitative estimate of drug-likeness (QED) is 0.691. The van der Waals surface area contributed by atoms with E-state index in [0.717, 1.165) is 18.9 Å². The molecule has 0 spiro atoms. The van der Waals surface area contributed by atoms with E-state index in [0.29, 0.717) is 18.0 Å². The van der Waals surface area contributed by atoms with Crippen molar-refractivity contribution in [3.63, 3.8) is 0 Å². The summed E-state index contributed by atoms with van der Waals surface area (Å²) in [6.07, 6.45) is 6.51. The maximum atomic E-state index is 11.6. The van der Waals surface area contributed by atoms with E-state index in [1.165, 1.54) is 25.7 Å². The fourth-order valence-corrected chi connectivity index (χ4v) is 2.33. The van der Waals surface area contributed by atoms with Gasteiger partial charge in [0.05, 0.1) is 6.54 Å². The lowest BCUT2D eigenvalue weighted by atomic mass is 10.0. The summed E-state index contributed by atoms with van der Waals surface area (Å²) in [7, 11) is 0. The number of hydrogen-bond donors (Lipinski definition) is 2. The second-order valence-electron chi connectivity index (χ2n) is 5.60. The van der Waals surface area contributed by atoms with Crippen molar-refractivity contribution in [3.8, 4) is 0 Å². The van der Waals surface area contributed by atoms with E-state index in [1.54, 1.807) is 0 Å². The maximum Gasteiger partial charge on any atom is 0.233 e. The smallest absolute Gasteiger partial charge is 0.233 e. The highest BCUT2D eigenvalue weighted by Crippen LogP contribution is 2.60. The molecule has 92 valence electrons. The molecule has 2 N–H and O–H groups in total. The molecule has 1 unspecified atom stereocenters. The molecule has 3 heteroatoms. The molecule has 0 aromatic carbocycles. The lowest BCUT2D eigenvalue weighted by molar-refractivity contribution is -0.120. The third kappa shape index (κ3) is 2.97. The van der Waals surface area contributed by atoms with E-state index in [-0.39, 0.29) is 5.91 Å². The zero-order valence-electron chi connectivity index (χ0n) is 10.5. The Hall–Kier alpha value is -0.570. The summed E-state index contributed by atoms with van der Waals surface area (Å²) < 4.78 is 0. The van der Waals surface area contributed by atoms with Crippen LogP contribution in [0.2, 0.25) is 0 Å². The summed E-state index contributed by atoms with van der Waals surface area (Å²) in [6.45, 7) is 5.62. The van der Waals surface area contributed by atoms with Gasteiger partial charge in [0, 0.05) is 12.6 Å². The molecule has 2 saturated carbocycles. The highest BCUT2D eigenvalue weighted by molar-refractivity contribution is 5.78. The summed E-state index contributed by atoms with van der Waals surface area (Å²) in [4.78, 5) is 11.6. The summed E-state index contributed by atoms with van der Waals surface area (Å²) >= 11 is 0. The maximum absolute atomic E-state index is 11.6. The van der Waals surface area contributed by atoms with Crippen LogP contribution in [0.3, 0.4) is 0 Å². The Labute approximate surface area is 98.4 Å². The van der Waals surface area contributed by atoms with Crippen molar-refractivity contribution in [2.24, 2.45) is 11.3 Å². The van der Waals surface area contributed by atoms with Crippen molar-refractivity contribution in [2.45, 2.75) is 52.0 Å². The van der Waals surface area contributed by atoms with Crippen LogP contribution in [0.1, 0.15) is 46.0 Å². The van der Waals surface area contributed by atoms with Gasteiger partial charge in [0.25, 0.3) is 0 Å². The Balaban J connectivity index is 1.60. The monoisotopic (exact) mass is 224 g/mol. The van der Waals surface area contributed by atoms with Crippen molar-refractivity contribution < 1.29 is 4.79 Å². The van der Waals surface area contributed by atoms with E-state index in [9.17, 15) is 4.79 Å². The number of carbonyl (C=O) groups excluding carboxylic acids is 1. The molecule has 2 aliphatic carbocycles. The first-order valence-electron chi connectivity index (χ1n) is 6.66. The minimum atomic E-state index is 0.159. The average molecular weight is 224 g/mol. The molecular formula is C13H24N2O. The topological polar surface area (TPSA) is 41.1 Å². The number of nitrogens with one attached hydrogen (secondary N) is 2. The third-order valence-electron chi connectivity index (χ3n) is 4.20. The highest BCUT2D eigenvalue weighted by atomic mass is 16.1. The number of amides is 1. The Bertz CT molecular complexity index is 257. The van der Waals surface area contributed by atoms with E-state index < -0.39 is 0 Å². The van der Waals surface area contributed by atoms with Crippen LogP contribution in [0.4, 0.5) is 0 Å². The molecule has 2 aliphatic rings. The molecule has 0 heterocycles. The molecule has 0 aromatic rings. The van der Waals surface area contributed by atoms with Crippen LogP contribution in [-0.2, 0) is 4.79 Å². The van der Waals surface area contributed by atoms with Gasteiger partial charge in [-0.25, -0.2) is 0 Å². The third-order valence-corrected chi connectivity index (χ3v) is 4.20. The van der Waals surface area contributed by atoms with Gasteiger partial charge in [0.2, 0.25) is 5.91 Å². The first-order chi connectivity index (χ1) is 7.66. The van der Waals surface area contributed by atoms with Crippen LogP contribution < -0.4 is 10.6 Å². The molecule has 1 atom stereocenters. The molecule has 0 bridgehead atoms. The number of carbonyl (C=O) groups is 1. The van der Waals surface area contributed by atoms with Crippen molar-refractivity contribution in [1.29, 1.82) is 0 Å². The van der Waals surface area contributed by atoms with Crippen LogP contribution in [0.15, 0.2) is 0 Å². The second kappa shape index (κ2) is 4.74. The zero-order valence-corrected chi connectivity index (χ0v) is 10.5. The molecule has 2 rings (SSSR count). The van der Waals surface area contributed by atoms with Gasteiger partial charge in [-0.05, 0) is 50.4 Å². The lowest BCUT2D eigenvalue weighted by Gasteiger charge is -2.16.